The highest BCUT2D eigenvalue weighted by Crippen LogP contribution is 2.62. The lowest BCUT2D eigenvalue weighted by Gasteiger charge is -2.59. The van der Waals surface area contributed by atoms with Crippen molar-refractivity contribution in [2.45, 2.75) is 154 Å². The van der Waals surface area contributed by atoms with E-state index in [-0.39, 0.29) is 63.5 Å². The van der Waals surface area contributed by atoms with Crippen LogP contribution in [0.4, 0.5) is 19.7 Å². The van der Waals surface area contributed by atoms with Crippen molar-refractivity contribution in [3.8, 4) is 11.5 Å². The van der Waals surface area contributed by atoms with E-state index in [0.717, 1.165) is 36.8 Å². The fourth-order valence-corrected chi connectivity index (χ4v) is 10.9. The number of fused-ring (bicyclic) bond motifs is 2. The highest BCUT2D eigenvalue weighted by Gasteiger charge is 2.65. The first-order valence-electron chi connectivity index (χ1n) is 26.6. The number of carbonyl (C=O) groups is 2. The molecular weight excluding hydrogens is 936 g/mol. The molecule has 1 aliphatic heterocycles. The Bertz CT molecular complexity index is 2290. The number of nitro benzene ring substituents is 1. The molecule has 3 aromatic rings. The van der Waals surface area contributed by atoms with Crippen molar-refractivity contribution in [1.82, 2.24) is 10.2 Å². The van der Waals surface area contributed by atoms with Crippen LogP contribution in [0.25, 0.3) is 0 Å². The Balaban J connectivity index is 1.43. The largest absolute Gasteiger partial charge is 0.459 e. The van der Waals surface area contributed by atoms with E-state index in [9.17, 15) is 34.3 Å². The van der Waals surface area contributed by atoms with E-state index in [4.69, 9.17) is 28.9 Å². The maximum Gasteiger partial charge on any atom is 0.412 e. The minimum absolute atomic E-state index is 0.0122. The fourth-order valence-electron chi connectivity index (χ4n) is 10.9. The van der Waals surface area contributed by atoms with Gasteiger partial charge in [-0.15, -0.1) is 6.58 Å². The Morgan fingerprint density at radius 3 is 2.23 bits per heavy atom. The van der Waals surface area contributed by atoms with Crippen LogP contribution >= 0.6 is 0 Å². The molecular formula is C57H77FN4O11. The molecule has 0 spiro atoms. The van der Waals surface area contributed by atoms with Crippen LogP contribution in [-0.4, -0.2) is 82.7 Å². The number of amides is 2. The summed E-state index contributed by atoms with van der Waals surface area (Å²) in [6, 6.07) is 16.3. The fraction of sp³-hybridized carbons (Fsp3) is 0.561. The van der Waals surface area contributed by atoms with Gasteiger partial charge >= 0.3 is 12.2 Å². The second-order valence-electron chi connectivity index (χ2n) is 19.4. The van der Waals surface area contributed by atoms with Crippen molar-refractivity contribution >= 4 is 23.6 Å². The second kappa shape index (κ2) is 29.2. The molecule has 2 amide bonds. The normalized spacial score (nSPS) is 21.2. The molecule has 0 unspecified atom stereocenters. The summed E-state index contributed by atoms with van der Waals surface area (Å²) in [4.78, 5) is 46.6. The lowest BCUT2D eigenvalue weighted by molar-refractivity contribution is -0.384. The maximum absolute atomic E-state index is 14.5. The smallest absolute Gasteiger partial charge is 0.412 e. The van der Waals surface area contributed by atoms with Gasteiger partial charge in [0.2, 0.25) is 5.79 Å². The minimum Gasteiger partial charge on any atom is -0.459 e. The van der Waals surface area contributed by atoms with Crippen LogP contribution in [0.5, 0.6) is 11.5 Å². The number of allylic oxidation sites excluding steroid dienone is 1. The predicted molar refractivity (Wildman–Crippen MR) is 278 cm³/mol. The third-order valence-electron chi connectivity index (χ3n) is 14.4. The highest BCUT2D eigenvalue weighted by molar-refractivity contribution is 6.03. The van der Waals surface area contributed by atoms with Gasteiger partial charge in [-0.1, -0.05) is 107 Å². The van der Waals surface area contributed by atoms with Crippen molar-refractivity contribution in [3.63, 3.8) is 0 Å². The van der Waals surface area contributed by atoms with Gasteiger partial charge in [-0.25, -0.2) is 14.0 Å². The van der Waals surface area contributed by atoms with Crippen LogP contribution in [-0.2, 0) is 27.5 Å². The number of oxime groups is 1. The molecule has 2 aliphatic carbocycles. The number of hydrogen-bond acceptors (Lipinski definition) is 12. The second-order valence-corrected chi connectivity index (χ2v) is 19.4. The van der Waals surface area contributed by atoms with Gasteiger partial charge in [-0.2, -0.15) is 0 Å². The molecule has 6 rings (SSSR count). The number of unbranched alkanes of at least 4 members (excludes halogenated alkanes) is 11. The van der Waals surface area contributed by atoms with E-state index >= 15 is 0 Å². The van der Waals surface area contributed by atoms with Gasteiger partial charge in [0.25, 0.3) is 5.69 Å². The summed E-state index contributed by atoms with van der Waals surface area (Å²) in [6.45, 7) is 8.52. The first-order valence-corrected chi connectivity index (χ1v) is 26.6. The summed E-state index contributed by atoms with van der Waals surface area (Å²) < 4.78 is 40.5. The van der Waals surface area contributed by atoms with Gasteiger partial charge in [-0.05, 0) is 110 Å². The molecule has 0 aromatic heterocycles. The number of halogens is 1. The summed E-state index contributed by atoms with van der Waals surface area (Å²) in [5.41, 5.74) is 3.27. The molecule has 6 atom stereocenters. The first kappa shape index (κ1) is 56.5. The summed E-state index contributed by atoms with van der Waals surface area (Å²) in [5, 5.41) is 39.2. The van der Waals surface area contributed by atoms with Crippen molar-refractivity contribution in [3.05, 3.63) is 124 Å². The number of nitrogens with one attached hydrogen (secondary N) is 1. The van der Waals surface area contributed by atoms with E-state index in [0.29, 0.717) is 67.0 Å². The van der Waals surface area contributed by atoms with Gasteiger partial charge < -0.3 is 39.3 Å². The number of hydrogen-bond donors (Lipinski definition) is 3. The molecule has 3 aromatic carbocycles. The van der Waals surface area contributed by atoms with Crippen molar-refractivity contribution < 1.29 is 52.9 Å². The lowest BCUT2D eigenvalue weighted by Crippen LogP contribution is -2.70. The van der Waals surface area contributed by atoms with Crippen molar-refractivity contribution in [2.75, 3.05) is 33.0 Å². The molecule has 15 nitrogen and oxygen atoms in total. The van der Waals surface area contributed by atoms with E-state index in [1.165, 1.54) is 69.2 Å². The Morgan fingerprint density at radius 2 is 1.58 bits per heavy atom. The van der Waals surface area contributed by atoms with E-state index in [2.05, 4.69) is 24.9 Å². The van der Waals surface area contributed by atoms with Gasteiger partial charge in [0.1, 0.15) is 30.0 Å². The van der Waals surface area contributed by atoms with Gasteiger partial charge in [0, 0.05) is 56.3 Å². The monoisotopic (exact) mass is 1010 g/mol. The van der Waals surface area contributed by atoms with Crippen LogP contribution in [0, 0.1) is 33.7 Å². The Kier molecular flexibility index (Phi) is 22.5. The lowest BCUT2D eigenvalue weighted by atomic mass is 9.55. The standard InChI is InChI=1S/C57H77FN4O11/c1-4-7-8-9-10-11-12-13-14-17-32-59-55(65)72-46-30-31-51-49(37-46)53-47(21-16-19-34-64)43(20-15-18-33-63)36-48-50(60-71-40-42-24-28-45(29-25-42)62(67)68)38-52(57(73-51,54(48)53)70-35-5-2)61(56(66)69-6-3)39-41-22-26-44(58)27-23-41/h5,22-31,36-37,43,47,52-54,63-64H,2,4,6-21,32-35,38-40H2,1,3H3,(H,59,65)/t43-,47+,52-,53+,54+,57+/m0/s1. The van der Waals surface area contributed by atoms with E-state index < -0.39 is 46.6 Å². The molecule has 1 saturated carbocycles. The van der Waals surface area contributed by atoms with Crippen LogP contribution in [0.15, 0.2) is 96.2 Å². The number of carbonyl (C=O) groups excluding carboxylic acids is 2. The zero-order chi connectivity index (χ0) is 52.0. The maximum atomic E-state index is 14.5. The Morgan fingerprint density at radius 1 is 0.904 bits per heavy atom. The number of nitro groups is 1. The number of benzene rings is 3. The minimum atomic E-state index is -1.62. The number of non-ortho nitro benzene ring substituents is 1. The summed E-state index contributed by atoms with van der Waals surface area (Å²) in [6.07, 6.45) is 18.5. The quantitative estimate of drug-likeness (QED) is 0.0240. The van der Waals surface area contributed by atoms with Gasteiger partial charge in [0.15, 0.2) is 0 Å². The molecule has 0 bridgehead atoms. The molecule has 0 radical (unpaired) electrons. The molecule has 73 heavy (non-hydrogen) atoms. The van der Waals surface area contributed by atoms with Crippen LogP contribution < -0.4 is 14.8 Å². The molecule has 1 fully saturated rings. The number of ether oxygens (including phenoxy) is 4. The zero-order valence-corrected chi connectivity index (χ0v) is 42.9. The Labute approximate surface area is 430 Å². The summed E-state index contributed by atoms with van der Waals surface area (Å²) in [5.74, 6) is -2.54. The van der Waals surface area contributed by atoms with Crippen LogP contribution in [0.1, 0.15) is 146 Å². The number of aliphatic hydroxyl groups excluding tert-OH is 2. The third kappa shape index (κ3) is 15.4. The van der Waals surface area contributed by atoms with Gasteiger partial charge in [-0.3, -0.25) is 15.0 Å². The summed E-state index contributed by atoms with van der Waals surface area (Å²) in [7, 11) is 0. The third-order valence-corrected chi connectivity index (χ3v) is 14.4. The molecule has 3 N–H and O–H groups in total. The molecule has 3 aliphatic rings. The molecule has 398 valence electrons. The van der Waals surface area contributed by atoms with E-state index in [1.54, 1.807) is 54.3 Å². The molecule has 1 heterocycles. The van der Waals surface area contributed by atoms with Crippen LogP contribution in [0.2, 0.25) is 0 Å². The SMILES string of the molecule is C=CCO[C@@]12Oc3ccc(OC(=O)NCCCCCCCCCCCC)cc3[C@H]3[C@H](CCCCO)[C@@H](CCCCO)C=C(C(=NOCc4ccc([N+](=O)[O-])cc4)C[C@@H]1N(Cc1ccc(F)cc1)C(=O)OCC)[C@H]32. The average Bonchev–Trinajstić information content (AvgIpc) is 3.38. The predicted octanol–water partition coefficient (Wildman–Crippen LogP) is 12.2. The zero-order valence-electron chi connectivity index (χ0n) is 42.9. The molecule has 0 saturated heterocycles. The summed E-state index contributed by atoms with van der Waals surface area (Å²) >= 11 is 0. The van der Waals surface area contributed by atoms with E-state index in [1.807, 2.05) is 6.07 Å². The number of aliphatic hydroxyl groups is 2. The number of rotatable bonds is 31. The topological polar surface area (TPSA) is 192 Å². The van der Waals surface area contributed by atoms with Gasteiger partial charge in [0.05, 0.1) is 29.8 Å². The highest BCUT2D eigenvalue weighted by atomic mass is 19.1. The average molecular weight is 1010 g/mol. The number of nitrogens with zero attached hydrogens (tertiary/aromatic N) is 3. The molecule has 16 heteroatoms. The van der Waals surface area contributed by atoms with Crippen molar-refractivity contribution in [1.29, 1.82) is 0 Å². The van der Waals surface area contributed by atoms with Crippen LogP contribution in [0.3, 0.4) is 0 Å². The first-order chi connectivity index (χ1) is 35.6. The Hall–Kier alpha value is -5.84. The van der Waals surface area contributed by atoms with Crippen molar-refractivity contribution in [2.24, 2.45) is 22.9 Å².